The fourth-order valence-electron chi connectivity index (χ4n) is 1.40. The Kier molecular flexibility index (Phi) is 0.662. The molecule has 0 bridgehead atoms. The maximum absolute atomic E-state index is 5.34. The number of hydrogen-bond donors (Lipinski definition) is 1. The van der Waals surface area contributed by atoms with Gasteiger partial charge in [0.1, 0.15) is 0 Å². The summed E-state index contributed by atoms with van der Waals surface area (Å²) in [6, 6.07) is 0. The zero-order chi connectivity index (χ0) is 5.61. The van der Waals surface area contributed by atoms with Crippen LogP contribution in [-0.2, 0) is 0 Å². The van der Waals surface area contributed by atoms with Crippen LogP contribution in [-0.4, -0.2) is 6.54 Å². The molecule has 2 rings (SSSR count). The molecule has 8 heavy (non-hydrogen) atoms. The summed E-state index contributed by atoms with van der Waals surface area (Å²) in [6.45, 7) is 0.747. The van der Waals surface area contributed by atoms with Crippen molar-refractivity contribution in [3.63, 3.8) is 0 Å². The molecule has 2 fully saturated rings. The molecule has 2 N–H and O–H groups in total. The van der Waals surface area contributed by atoms with Crippen molar-refractivity contribution >= 4 is 0 Å². The first kappa shape index (κ1) is 4.57. The number of rotatable bonds is 1. The quantitative estimate of drug-likeness (QED) is 0.500. The lowest BCUT2D eigenvalue weighted by atomic mass is 10.4. The Labute approximate surface area is 49.6 Å². The SMILES string of the molecule is NC/C=C1/CC12CC2. The van der Waals surface area contributed by atoms with Crippen molar-refractivity contribution in [2.75, 3.05) is 6.54 Å². The molecule has 0 radical (unpaired) electrons. The summed E-state index contributed by atoms with van der Waals surface area (Å²) in [5.74, 6) is 0. The average molecular weight is 109 g/mol. The smallest absolute Gasteiger partial charge is 0.0109 e. The summed E-state index contributed by atoms with van der Waals surface area (Å²) in [7, 11) is 0. The minimum atomic E-state index is 0.747. The maximum atomic E-state index is 5.34. The van der Waals surface area contributed by atoms with Gasteiger partial charge in [-0.05, 0) is 24.7 Å². The van der Waals surface area contributed by atoms with Gasteiger partial charge in [-0.1, -0.05) is 11.6 Å². The Balaban J connectivity index is 2.05. The molecule has 0 aliphatic heterocycles. The zero-order valence-electron chi connectivity index (χ0n) is 4.98. The highest BCUT2D eigenvalue weighted by Crippen LogP contribution is 2.70. The Morgan fingerprint density at radius 3 is 2.75 bits per heavy atom. The summed E-state index contributed by atoms with van der Waals surface area (Å²) in [5.41, 5.74) is 7.73. The molecule has 0 atom stereocenters. The van der Waals surface area contributed by atoms with E-state index in [1.165, 1.54) is 19.3 Å². The molecule has 0 amide bonds. The summed E-state index contributed by atoms with van der Waals surface area (Å²) >= 11 is 0. The van der Waals surface area contributed by atoms with Crippen LogP contribution in [0.3, 0.4) is 0 Å². The minimum absolute atomic E-state index is 0.747. The van der Waals surface area contributed by atoms with Crippen LogP contribution in [0.25, 0.3) is 0 Å². The predicted octanol–water partition coefficient (Wildman–Crippen LogP) is 1.06. The van der Waals surface area contributed by atoms with Crippen LogP contribution in [0, 0.1) is 5.41 Å². The van der Waals surface area contributed by atoms with Gasteiger partial charge in [0, 0.05) is 6.54 Å². The first-order chi connectivity index (χ1) is 3.87. The molecule has 0 heterocycles. The second kappa shape index (κ2) is 1.16. The van der Waals surface area contributed by atoms with Crippen molar-refractivity contribution in [2.45, 2.75) is 19.3 Å². The van der Waals surface area contributed by atoms with Crippen molar-refractivity contribution in [2.24, 2.45) is 11.1 Å². The van der Waals surface area contributed by atoms with Crippen LogP contribution in [0.5, 0.6) is 0 Å². The van der Waals surface area contributed by atoms with E-state index in [1.54, 1.807) is 5.57 Å². The second-order valence-electron chi connectivity index (χ2n) is 2.92. The van der Waals surface area contributed by atoms with Gasteiger partial charge in [0.05, 0.1) is 0 Å². The van der Waals surface area contributed by atoms with Crippen molar-refractivity contribution < 1.29 is 0 Å². The Hall–Kier alpha value is -0.300. The van der Waals surface area contributed by atoms with Crippen molar-refractivity contribution in [3.8, 4) is 0 Å². The summed E-state index contributed by atoms with van der Waals surface area (Å²) in [4.78, 5) is 0. The molecule has 0 aromatic heterocycles. The van der Waals surface area contributed by atoms with Crippen molar-refractivity contribution in [3.05, 3.63) is 11.6 Å². The molecule has 0 unspecified atom stereocenters. The molecule has 0 aromatic carbocycles. The third-order valence-electron chi connectivity index (χ3n) is 2.30. The van der Waals surface area contributed by atoms with Crippen LogP contribution >= 0.6 is 0 Å². The molecule has 44 valence electrons. The van der Waals surface area contributed by atoms with Crippen LogP contribution in [0.2, 0.25) is 0 Å². The van der Waals surface area contributed by atoms with Gasteiger partial charge in [0.2, 0.25) is 0 Å². The molecule has 2 aliphatic carbocycles. The second-order valence-corrected chi connectivity index (χ2v) is 2.92. The summed E-state index contributed by atoms with van der Waals surface area (Å²) in [5, 5.41) is 0. The van der Waals surface area contributed by atoms with Crippen LogP contribution in [0.1, 0.15) is 19.3 Å². The van der Waals surface area contributed by atoms with E-state index in [0.717, 1.165) is 12.0 Å². The summed E-state index contributed by atoms with van der Waals surface area (Å²) in [6.07, 6.45) is 6.44. The van der Waals surface area contributed by atoms with E-state index >= 15 is 0 Å². The molecule has 1 heteroatoms. The first-order valence-corrected chi connectivity index (χ1v) is 3.27. The van der Waals surface area contributed by atoms with E-state index in [9.17, 15) is 0 Å². The first-order valence-electron chi connectivity index (χ1n) is 3.27. The number of hydrogen-bond acceptors (Lipinski definition) is 1. The predicted molar refractivity (Wildman–Crippen MR) is 33.4 cm³/mol. The van der Waals surface area contributed by atoms with E-state index in [0.29, 0.717) is 0 Å². The Bertz CT molecular complexity index is 142. The van der Waals surface area contributed by atoms with E-state index in [1.807, 2.05) is 0 Å². The van der Waals surface area contributed by atoms with Gasteiger partial charge in [0.15, 0.2) is 0 Å². The lowest BCUT2D eigenvalue weighted by molar-refractivity contribution is 0.936. The lowest BCUT2D eigenvalue weighted by Crippen LogP contribution is -1.92. The Morgan fingerprint density at radius 2 is 2.38 bits per heavy atom. The van der Waals surface area contributed by atoms with Gasteiger partial charge in [-0.3, -0.25) is 0 Å². The van der Waals surface area contributed by atoms with Gasteiger partial charge in [-0.25, -0.2) is 0 Å². The van der Waals surface area contributed by atoms with Gasteiger partial charge in [0.25, 0.3) is 0 Å². The van der Waals surface area contributed by atoms with Crippen molar-refractivity contribution in [1.29, 1.82) is 0 Å². The fourth-order valence-corrected chi connectivity index (χ4v) is 1.40. The average Bonchev–Trinajstić information content (AvgIpc) is 2.57. The molecule has 1 spiro atoms. The van der Waals surface area contributed by atoms with Gasteiger partial charge in [-0.2, -0.15) is 0 Å². The van der Waals surface area contributed by atoms with Crippen LogP contribution < -0.4 is 5.73 Å². The van der Waals surface area contributed by atoms with E-state index in [4.69, 9.17) is 5.73 Å². The highest BCUT2D eigenvalue weighted by molar-refractivity contribution is 5.39. The lowest BCUT2D eigenvalue weighted by Gasteiger charge is -1.75. The molecule has 0 aromatic rings. The largest absolute Gasteiger partial charge is 0.327 e. The third kappa shape index (κ3) is 0.451. The highest BCUT2D eigenvalue weighted by Gasteiger charge is 2.57. The molecular formula is C7H11N. The van der Waals surface area contributed by atoms with E-state index < -0.39 is 0 Å². The molecule has 2 aliphatic rings. The standard InChI is InChI=1S/C7H11N/c8-4-1-6-5-7(6)2-3-7/h1H,2-5,8H2/b6-1-. The summed E-state index contributed by atoms with van der Waals surface area (Å²) < 4.78 is 0. The maximum Gasteiger partial charge on any atom is 0.0109 e. The molecule has 1 nitrogen and oxygen atoms in total. The monoisotopic (exact) mass is 109 g/mol. The topological polar surface area (TPSA) is 26.0 Å². The van der Waals surface area contributed by atoms with Gasteiger partial charge in [-0.15, -0.1) is 0 Å². The van der Waals surface area contributed by atoms with Crippen LogP contribution in [0.4, 0.5) is 0 Å². The molecule has 2 saturated carbocycles. The van der Waals surface area contributed by atoms with Gasteiger partial charge < -0.3 is 5.73 Å². The van der Waals surface area contributed by atoms with Gasteiger partial charge >= 0.3 is 0 Å². The molecule has 0 saturated heterocycles. The fraction of sp³-hybridized carbons (Fsp3) is 0.714. The van der Waals surface area contributed by atoms with Crippen LogP contribution in [0.15, 0.2) is 11.6 Å². The third-order valence-corrected chi connectivity index (χ3v) is 2.30. The number of nitrogens with two attached hydrogens (primary N) is 1. The normalized spacial score (nSPS) is 33.9. The number of allylic oxidation sites excluding steroid dienone is 1. The van der Waals surface area contributed by atoms with Crippen molar-refractivity contribution in [1.82, 2.24) is 0 Å². The molecular weight excluding hydrogens is 98.1 g/mol. The highest BCUT2D eigenvalue weighted by atomic mass is 14.6. The zero-order valence-corrected chi connectivity index (χ0v) is 4.98. The van der Waals surface area contributed by atoms with E-state index in [-0.39, 0.29) is 0 Å². The Morgan fingerprint density at radius 1 is 1.62 bits per heavy atom. The van der Waals surface area contributed by atoms with E-state index in [2.05, 4.69) is 6.08 Å². The minimum Gasteiger partial charge on any atom is -0.327 e.